The van der Waals surface area contributed by atoms with Crippen molar-refractivity contribution in [3.05, 3.63) is 29.8 Å². The molecule has 6 nitrogen and oxygen atoms in total. The largest absolute Gasteiger partial charge is 0.478 e. The first-order chi connectivity index (χ1) is 9.01. The zero-order valence-electron chi connectivity index (χ0n) is 10.3. The summed E-state index contributed by atoms with van der Waals surface area (Å²) in [5.74, 6) is -1.14. The van der Waals surface area contributed by atoms with Crippen molar-refractivity contribution >= 4 is 16.0 Å². The van der Waals surface area contributed by atoms with Crippen LogP contribution < -0.4 is 0 Å². The first-order valence-corrected chi connectivity index (χ1v) is 7.37. The van der Waals surface area contributed by atoms with Crippen molar-refractivity contribution in [3.63, 3.8) is 0 Å². The van der Waals surface area contributed by atoms with Crippen molar-refractivity contribution in [3.8, 4) is 0 Å². The summed E-state index contributed by atoms with van der Waals surface area (Å²) in [6.45, 7) is 1.58. The van der Waals surface area contributed by atoms with Crippen LogP contribution in [-0.4, -0.2) is 50.1 Å². The van der Waals surface area contributed by atoms with Crippen LogP contribution >= 0.6 is 0 Å². The van der Waals surface area contributed by atoms with E-state index in [9.17, 15) is 13.2 Å². The van der Waals surface area contributed by atoms with E-state index in [1.54, 1.807) is 0 Å². The standard InChI is InChI=1S/C12H15NO5S/c14-12(15)10-3-1-4-11(9-10)19(16,17)13-5-2-7-18-8-6-13/h1,3-4,9H,2,5-8H2,(H,14,15). The first kappa shape index (κ1) is 14.0. The number of carboxylic acid groups (broad SMARTS) is 1. The lowest BCUT2D eigenvalue weighted by atomic mass is 10.2. The van der Waals surface area contributed by atoms with E-state index < -0.39 is 16.0 Å². The Balaban J connectivity index is 2.32. The van der Waals surface area contributed by atoms with Crippen LogP contribution in [0, 0.1) is 0 Å². The van der Waals surface area contributed by atoms with Crippen molar-refractivity contribution < 1.29 is 23.1 Å². The Kier molecular flexibility index (Phi) is 4.18. The van der Waals surface area contributed by atoms with E-state index >= 15 is 0 Å². The molecule has 0 bridgehead atoms. The van der Waals surface area contributed by atoms with E-state index in [0.717, 1.165) is 0 Å². The van der Waals surface area contributed by atoms with Crippen LogP contribution in [0.3, 0.4) is 0 Å². The van der Waals surface area contributed by atoms with Gasteiger partial charge >= 0.3 is 5.97 Å². The highest BCUT2D eigenvalue weighted by Gasteiger charge is 2.25. The number of aromatic carboxylic acids is 1. The number of benzene rings is 1. The number of rotatable bonds is 3. The average Bonchev–Trinajstić information content (AvgIpc) is 2.68. The molecule has 1 aliphatic rings. The first-order valence-electron chi connectivity index (χ1n) is 5.93. The van der Waals surface area contributed by atoms with Crippen LogP contribution in [0.15, 0.2) is 29.2 Å². The third-order valence-corrected chi connectivity index (χ3v) is 4.79. The van der Waals surface area contributed by atoms with Crippen molar-refractivity contribution in [2.24, 2.45) is 0 Å². The molecule has 7 heteroatoms. The molecule has 0 unspecified atom stereocenters. The van der Waals surface area contributed by atoms with E-state index in [4.69, 9.17) is 9.84 Å². The minimum atomic E-state index is -3.65. The lowest BCUT2D eigenvalue weighted by Crippen LogP contribution is -2.33. The summed E-state index contributed by atoms with van der Waals surface area (Å²) >= 11 is 0. The summed E-state index contributed by atoms with van der Waals surface area (Å²) in [7, 11) is -3.65. The number of nitrogens with zero attached hydrogens (tertiary/aromatic N) is 1. The van der Waals surface area contributed by atoms with Gasteiger partial charge in [0.25, 0.3) is 0 Å². The van der Waals surface area contributed by atoms with Crippen LogP contribution in [0.5, 0.6) is 0 Å². The molecule has 0 atom stereocenters. The summed E-state index contributed by atoms with van der Waals surface area (Å²) < 4.78 is 31.3. The van der Waals surface area contributed by atoms with Crippen LogP contribution in [0.2, 0.25) is 0 Å². The number of hydrogen-bond donors (Lipinski definition) is 1. The van der Waals surface area contributed by atoms with E-state index in [0.29, 0.717) is 32.7 Å². The Labute approximate surface area is 111 Å². The van der Waals surface area contributed by atoms with Gasteiger partial charge in [-0.1, -0.05) is 6.07 Å². The van der Waals surface area contributed by atoms with Gasteiger partial charge in [0.05, 0.1) is 17.1 Å². The molecule has 2 rings (SSSR count). The molecule has 0 aromatic heterocycles. The highest BCUT2D eigenvalue weighted by molar-refractivity contribution is 7.89. The lowest BCUT2D eigenvalue weighted by Gasteiger charge is -2.19. The third kappa shape index (κ3) is 3.12. The number of carbonyl (C=O) groups is 1. The quantitative estimate of drug-likeness (QED) is 0.888. The van der Waals surface area contributed by atoms with Gasteiger partial charge < -0.3 is 9.84 Å². The smallest absolute Gasteiger partial charge is 0.335 e. The van der Waals surface area contributed by atoms with Gasteiger partial charge in [-0.25, -0.2) is 13.2 Å². The van der Waals surface area contributed by atoms with Crippen molar-refractivity contribution in [2.45, 2.75) is 11.3 Å². The second-order valence-electron chi connectivity index (χ2n) is 4.20. The summed E-state index contributed by atoms with van der Waals surface area (Å²) in [6.07, 6.45) is 0.637. The molecule has 0 spiro atoms. The summed E-state index contributed by atoms with van der Waals surface area (Å²) in [5.41, 5.74) is -0.0350. The monoisotopic (exact) mass is 285 g/mol. The molecule has 1 aromatic rings. The highest BCUT2D eigenvalue weighted by Crippen LogP contribution is 2.18. The van der Waals surface area contributed by atoms with Gasteiger partial charge in [-0.05, 0) is 24.6 Å². The van der Waals surface area contributed by atoms with Gasteiger partial charge in [-0.3, -0.25) is 0 Å². The van der Waals surface area contributed by atoms with Gasteiger partial charge in [-0.2, -0.15) is 4.31 Å². The molecular formula is C12H15NO5S. The lowest BCUT2D eigenvalue weighted by molar-refractivity contribution is 0.0696. The molecule has 1 aliphatic heterocycles. The SMILES string of the molecule is O=C(O)c1cccc(S(=O)(=O)N2CCCOCC2)c1. The van der Waals surface area contributed by atoms with Crippen molar-refractivity contribution in [2.75, 3.05) is 26.3 Å². The molecular weight excluding hydrogens is 270 g/mol. The minimum absolute atomic E-state index is 0.00861. The van der Waals surface area contributed by atoms with Gasteiger partial charge in [0, 0.05) is 19.7 Å². The third-order valence-electron chi connectivity index (χ3n) is 2.90. The Hall–Kier alpha value is -1.44. The maximum absolute atomic E-state index is 12.4. The topological polar surface area (TPSA) is 83.9 Å². The fourth-order valence-electron chi connectivity index (χ4n) is 1.90. The van der Waals surface area contributed by atoms with Crippen LogP contribution in [0.1, 0.15) is 16.8 Å². The second-order valence-corrected chi connectivity index (χ2v) is 6.14. The number of ether oxygens (including phenoxy) is 1. The molecule has 0 radical (unpaired) electrons. The molecule has 1 fully saturated rings. The molecule has 1 heterocycles. The second kappa shape index (κ2) is 5.68. The molecule has 1 aromatic carbocycles. The van der Waals surface area contributed by atoms with E-state index in [-0.39, 0.29) is 10.5 Å². The van der Waals surface area contributed by atoms with E-state index in [1.165, 1.54) is 28.6 Å². The zero-order valence-corrected chi connectivity index (χ0v) is 11.1. The van der Waals surface area contributed by atoms with Crippen molar-refractivity contribution in [1.29, 1.82) is 0 Å². The predicted octanol–water partition coefficient (Wildman–Crippen LogP) is 0.796. The Morgan fingerprint density at radius 2 is 2.05 bits per heavy atom. The zero-order chi connectivity index (χ0) is 13.9. The van der Waals surface area contributed by atoms with Gasteiger partial charge in [0.2, 0.25) is 10.0 Å². The van der Waals surface area contributed by atoms with Crippen LogP contribution in [0.25, 0.3) is 0 Å². The average molecular weight is 285 g/mol. The molecule has 1 N–H and O–H groups in total. The molecule has 0 saturated carbocycles. The van der Waals surface area contributed by atoms with E-state index in [1.807, 2.05) is 0 Å². The Bertz CT molecular complexity index is 561. The van der Waals surface area contributed by atoms with Crippen LogP contribution in [-0.2, 0) is 14.8 Å². The van der Waals surface area contributed by atoms with Crippen LogP contribution in [0.4, 0.5) is 0 Å². The van der Waals surface area contributed by atoms with Gasteiger partial charge in [-0.15, -0.1) is 0 Å². The molecule has 0 amide bonds. The van der Waals surface area contributed by atoms with Gasteiger partial charge in [0.15, 0.2) is 0 Å². The Morgan fingerprint density at radius 3 is 2.79 bits per heavy atom. The summed E-state index contributed by atoms with van der Waals surface area (Å²) in [6, 6.07) is 5.40. The minimum Gasteiger partial charge on any atom is -0.478 e. The molecule has 0 aliphatic carbocycles. The number of hydrogen-bond acceptors (Lipinski definition) is 4. The fourth-order valence-corrected chi connectivity index (χ4v) is 3.41. The predicted molar refractivity (Wildman–Crippen MR) is 67.6 cm³/mol. The van der Waals surface area contributed by atoms with E-state index in [2.05, 4.69) is 0 Å². The molecule has 104 valence electrons. The fraction of sp³-hybridized carbons (Fsp3) is 0.417. The van der Waals surface area contributed by atoms with Crippen molar-refractivity contribution in [1.82, 2.24) is 4.31 Å². The Morgan fingerprint density at radius 1 is 1.26 bits per heavy atom. The number of sulfonamides is 1. The summed E-state index contributed by atoms with van der Waals surface area (Å²) in [5, 5.41) is 8.90. The maximum Gasteiger partial charge on any atom is 0.335 e. The number of carboxylic acids is 1. The highest BCUT2D eigenvalue weighted by atomic mass is 32.2. The molecule has 19 heavy (non-hydrogen) atoms. The normalized spacial score (nSPS) is 17.9. The van der Waals surface area contributed by atoms with Gasteiger partial charge in [0.1, 0.15) is 0 Å². The maximum atomic E-state index is 12.4. The summed E-state index contributed by atoms with van der Waals surface area (Å²) in [4.78, 5) is 10.9. The molecule has 1 saturated heterocycles.